The molecule has 1 N–H and O–H groups in total. The van der Waals surface area contributed by atoms with Gasteiger partial charge in [0.25, 0.3) is 0 Å². The van der Waals surface area contributed by atoms with E-state index in [2.05, 4.69) is 27.7 Å². The number of amides is 2. The van der Waals surface area contributed by atoms with Gasteiger partial charge in [-0.25, -0.2) is 4.79 Å². The van der Waals surface area contributed by atoms with Gasteiger partial charge in [-0.3, -0.25) is 14.5 Å². The van der Waals surface area contributed by atoms with Crippen molar-refractivity contribution in [1.82, 2.24) is 9.80 Å². The van der Waals surface area contributed by atoms with Crippen LogP contribution >= 0.6 is 0 Å². The maximum absolute atomic E-state index is 13.3. The number of aliphatic carboxylic acids is 1. The molecule has 0 aromatic heterocycles. The Hall–Kier alpha value is -1.79. The van der Waals surface area contributed by atoms with Gasteiger partial charge in [0.2, 0.25) is 5.91 Å². The third kappa shape index (κ3) is 13.6. The molecule has 0 aromatic carbocycles. The Morgan fingerprint density at radius 3 is 1.62 bits per heavy atom. The van der Waals surface area contributed by atoms with Crippen molar-refractivity contribution < 1.29 is 24.2 Å². The van der Waals surface area contributed by atoms with Gasteiger partial charge in [0.1, 0.15) is 18.7 Å². The van der Waals surface area contributed by atoms with Crippen LogP contribution in [0.5, 0.6) is 0 Å². The molecule has 0 saturated carbocycles. The second kappa shape index (κ2) is 15.9. The average Bonchev–Trinajstić information content (AvgIpc) is 2.70. The molecule has 2 amide bonds. The minimum absolute atomic E-state index is 0.206. The Bertz CT molecular complexity index is 541. The number of ether oxygens (including phenoxy) is 1. The number of hydrogen-bond acceptors (Lipinski definition) is 4. The average molecular weight is 457 g/mol. The number of carboxylic acid groups (broad SMARTS) is 1. The molecule has 0 fully saturated rings. The standard InChI is InChI=1S/C25H48N2O5/c1-8-12-14-20(10-3)16-26(17-21(11-4)15-13-9-2)22(28)18-27(19-23(29)30)24(31)32-25(5,6)7/h20-21H,8-19H2,1-7H3,(H,29,30). The molecule has 0 rings (SSSR count). The highest BCUT2D eigenvalue weighted by Crippen LogP contribution is 2.20. The Labute approximate surface area is 195 Å². The number of carbonyl (C=O) groups excluding carboxylic acids is 2. The molecule has 0 aliphatic heterocycles. The van der Waals surface area contributed by atoms with E-state index in [1.54, 1.807) is 20.8 Å². The fourth-order valence-corrected chi connectivity index (χ4v) is 3.67. The zero-order valence-corrected chi connectivity index (χ0v) is 21.6. The molecule has 0 aliphatic rings. The molecule has 0 spiro atoms. The lowest BCUT2D eigenvalue weighted by Crippen LogP contribution is -2.48. The summed E-state index contributed by atoms with van der Waals surface area (Å²) in [6.45, 7) is 14.2. The molecule has 2 unspecified atom stereocenters. The van der Waals surface area contributed by atoms with E-state index in [1.807, 2.05) is 4.90 Å². The summed E-state index contributed by atoms with van der Waals surface area (Å²) in [7, 11) is 0. The number of carbonyl (C=O) groups is 3. The van der Waals surface area contributed by atoms with Crippen LogP contribution in [0, 0.1) is 11.8 Å². The molecule has 7 nitrogen and oxygen atoms in total. The van der Waals surface area contributed by atoms with Gasteiger partial charge in [-0.05, 0) is 45.4 Å². The van der Waals surface area contributed by atoms with Crippen molar-refractivity contribution in [1.29, 1.82) is 0 Å². The molecule has 0 bridgehead atoms. The van der Waals surface area contributed by atoms with Gasteiger partial charge in [0, 0.05) is 13.1 Å². The Morgan fingerprint density at radius 2 is 1.28 bits per heavy atom. The third-order valence-corrected chi connectivity index (χ3v) is 5.70. The van der Waals surface area contributed by atoms with Crippen LogP contribution in [-0.4, -0.2) is 64.7 Å². The molecule has 0 aliphatic carbocycles. The van der Waals surface area contributed by atoms with Crippen LogP contribution in [0.2, 0.25) is 0 Å². The van der Waals surface area contributed by atoms with Crippen molar-refractivity contribution in [3.8, 4) is 0 Å². The molecule has 188 valence electrons. The second-order valence-electron chi connectivity index (χ2n) is 9.86. The Balaban J connectivity index is 5.56. The van der Waals surface area contributed by atoms with E-state index in [4.69, 9.17) is 4.74 Å². The van der Waals surface area contributed by atoms with Crippen LogP contribution in [0.15, 0.2) is 0 Å². The normalized spacial score (nSPS) is 13.3. The van der Waals surface area contributed by atoms with Gasteiger partial charge in [-0.2, -0.15) is 0 Å². The van der Waals surface area contributed by atoms with Gasteiger partial charge < -0.3 is 14.7 Å². The van der Waals surface area contributed by atoms with Crippen LogP contribution in [0.25, 0.3) is 0 Å². The first-order valence-corrected chi connectivity index (χ1v) is 12.4. The molecule has 0 aromatic rings. The molecule has 0 radical (unpaired) electrons. The van der Waals surface area contributed by atoms with Crippen LogP contribution in [0.1, 0.15) is 99.8 Å². The van der Waals surface area contributed by atoms with Crippen molar-refractivity contribution in [2.45, 2.75) is 105 Å². The number of rotatable bonds is 16. The summed E-state index contributed by atoms with van der Waals surface area (Å²) in [4.78, 5) is 40.1. The quantitative estimate of drug-likeness (QED) is 0.328. The van der Waals surface area contributed by atoms with Crippen LogP contribution in [0.4, 0.5) is 4.79 Å². The van der Waals surface area contributed by atoms with Crippen molar-refractivity contribution in [2.24, 2.45) is 11.8 Å². The fraction of sp³-hybridized carbons (Fsp3) is 0.880. The summed E-state index contributed by atoms with van der Waals surface area (Å²) in [5.41, 5.74) is -0.766. The van der Waals surface area contributed by atoms with Gasteiger partial charge >= 0.3 is 12.1 Å². The highest BCUT2D eigenvalue weighted by molar-refractivity contribution is 5.85. The first-order valence-electron chi connectivity index (χ1n) is 12.4. The summed E-state index contributed by atoms with van der Waals surface area (Å²) in [5.74, 6) is -0.574. The number of hydrogen-bond donors (Lipinski definition) is 1. The van der Waals surface area contributed by atoms with Gasteiger partial charge in [0.05, 0.1) is 0 Å². The van der Waals surface area contributed by atoms with Crippen molar-refractivity contribution in [3.63, 3.8) is 0 Å². The fourth-order valence-electron chi connectivity index (χ4n) is 3.67. The lowest BCUT2D eigenvalue weighted by Gasteiger charge is -2.33. The molecule has 32 heavy (non-hydrogen) atoms. The maximum Gasteiger partial charge on any atom is 0.411 e. The Kier molecular flexibility index (Phi) is 15.0. The van der Waals surface area contributed by atoms with Crippen LogP contribution in [0.3, 0.4) is 0 Å². The van der Waals surface area contributed by atoms with Crippen molar-refractivity contribution in [3.05, 3.63) is 0 Å². The summed E-state index contributed by atoms with van der Waals surface area (Å²) in [5, 5.41) is 9.27. The predicted molar refractivity (Wildman–Crippen MR) is 129 cm³/mol. The monoisotopic (exact) mass is 456 g/mol. The summed E-state index contributed by atoms with van der Waals surface area (Å²) >= 11 is 0. The van der Waals surface area contributed by atoms with Crippen molar-refractivity contribution in [2.75, 3.05) is 26.2 Å². The molecular formula is C25H48N2O5. The van der Waals surface area contributed by atoms with E-state index in [0.717, 1.165) is 56.3 Å². The highest BCUT2D eigenvalue weighted by atomic mass is 16.6. The smallest absolute Gasteiger partial charge is 0.411 e. The lowest BCUT2D eigenvalue weighted by atomic mass is 9.95. The molecular weight excluding hydrogens is 408 g/mol. The van der Waals surface area contributed by atoms with E-state index in [1.165, 1.54) is 0 Å². The van der Waals surface area contributed by atoms with E-state index in [9.17, 15) is 19.5 Å². The van der Waals surface area contributed by atoms with E-state index < -0.39 is 24.2 Å². The molecule has 2 atom stereocenters. The Morgan fingerprint density at radius 1 is 0.812 bits per heavy atom. The third-order valence-electron chi connectivity index (χ3n) is 5.70. The SMILES string of the molecule is CCCCC(CC)CN(CC(CC)CCCC)C(=O)CN(CC(=O)O)C(=O)OC(C)(C)C. The van der Waals surface area contributed by atoms with Crippen molar-refractivity contribution >= 4 is 18.0 Å². The van der Waals surface area contributed by atoms with E-state index >= 15 is 0 Å². The van der Waals surface area contributed by atoms with E-state index in [0.29, 0.717) is 24.9 Å². The minimum atomic E-state index is -1.17. The predicted octanol–water partition coefficient (Wildman–Crippen LogP) is 5.57. The van der Waals surface area contributed by atoms with Crippen LogP contribution < -0.4 is 0 Å². The zero-order chi connectivity index (χ0) is 24.7. The molecule has 0 heterocycles. The zero-order valence-electron chi connectivity index (χ0n) is 21.6. The largest absolute Gasteiger partial charge is 0.480 e. The van der Waals surface area contributed by atoms with Gasteiger partial charge in [0.15, 0.2) is 0 Å². The first-order chi connectivity index (χ1) is 15.0. The first kappa shape index (κ1) is 30.2. The van der Waals surface area contributed by atoms with Crippen LogP contribution in [-0.2, 0) is 14.3 Å². The second-order valence-corrected chi connectivity index (χ2v) is 9.86. The van der Waals surface area contributed by atoms with Gasteiger partial charge in [-0.15, -0.1) is 0 Å². The van der Waals surface area contributed by atoms with Gasteiger partial charge in [-0.1, -0.05) is 66.2 Å². The summed E-state index contributed by atoms with van der Waals surface area (Å²) in [6.07, 6.45) is 7.80. The summed E-state index contributed by atoms with van der Waals surface area (Å²) < 4.78 is 5.35. The topological polar surface area (TPSA) is 87.2 Å². The maximum atomic E-state index is 13.3. The molecule has 0 saturated heterocycles. The number of carboxylic acids is 1. The summed E-state index contributed by atoms with van der Waals surface area (Å²) in [6, 6.07) is 0. The highest BCUT2D eigenvalue weighted by Gasteiger charge is 2.29. The lowest BCUT2D eigenvalue weighted by molar-refractivity contribution is -0.140. The molecule has 7 heteroatoms. The number of nitrogens with zero attached hydrogens (tertiary/aromatic N) is 2. The number of unbranched alkanes of at least 4 members (excludes halogenated alkanes) is 2. The minimum Gasteiger partial charge on any atom is -0.480 e. The van der Waals surface area contributed by atoms with E-state index in [-0.39, 0.29) is 12.5 Å².